The standard InChI is InChI=1S/C23H27N3OS2/c1-13-6-8-16(14(2)10-13)20(27)25-22(28)26-21-18(12-24)17-9-7-15(23(3,4)5)11-19(17)29-21/h6,8,10,15H,7,9,11H2,1-5H3,(H2,25,26,27,28)/t15-/m0/s1. The fourth-order valence-corrected chi connectivity index (χ4v) is 5.45. The van der Waals surface area contributed by atoms with Crippen LogP contribution in [-0.2, 0) is 12.8 Å². The minimum atomic E-state index is -0.243. The Morgan fingerprint density at radius 3 is 2.66 bits per heavy atom. The molecule has 2 aromatic rings. The summed E-state index contributed by atoms with van der Waals surface area (Å²) in [7, 11) is 0. The van der Waals surface area contributed by atoms with Crippen molar-refractivity contribution in [1.29, 1.82) is 5.26 Å². The lowest BCUT2D eigenvalue weighted by molar-refractivity contribution is 0.0977. The molecule has 29 heavy (non-hydrogen) atoms. The van der Waals surface area contributed by atoms with Gasteiger partial charge in [-0.25, -0.2) is 0 Å². The predicted octanol–water partition coefficient (Wildman–Crippen LogP) is 5.51. The van der Waals surface area contributed by atoms with Gasteiger partial charge in [-0.1, -0.05) is 38.5 Å². The van der Waals surface area contributed by atoms with Gasteiger partial charge in [0, 0.05) is 10.4 Å². The Labute approximate surface area is 182 Å². The SMILES string of the molecule is Cc1ccc(C(=O)NC(=S)Nc2sc3c(c2C#N)CC[C@H](C(C)(C)C)C3)c(C)c1. The second kappa shape index (κ2) is 8.25. The molecular weight excluding hydrogens is 398 g/mol. The van der Waals surface area contributed by atoms with Crippen LogP contribution in [0.5, 0.6) is 0 Å². The van der Waals surface area contributed by atoms with Gasteiger partial charge in [-0.2, -0.15) is 5.26 Å². The minimum Gasteiger partial charge on any atom is -0.323 e. The predicted molar refractivity (Wildman–Crippen MR) is 124 cm³/mol. The van der Waals surface area contributed by atoms with Gasteiger partial charge in [0.2, 0.25) is 0 Å². The van der Waals surface area contributed by atoms with Gasteiger partial charge >= 0.3 is 0 Å². The fraction of sp³-hybridized carbons (Fsp3) is 0.435. The largest absolute Gasteiger partial charge is 0.323 e. The zero-order valence-corrected chi connectivity index (χ0v) is 19.2. The van der Waals surface area contributed by atoms with Crippen LogP contribution in [0.4, 0.5) is 5.00 Å². The summed E-state index contributed by atoms with van der Waals surface area (Å²) in [4.78, 5) is 13.8. The molecule has 0 saturated carbocycles. The first kappa shape index (κ1) is 21.5. The third kappa shape index (κ3) is 4.68. The van der Waals surface area contributed by atoms with Gasteiger partial charge in [0.25, 0.3) is 5.91 Å². The highest BCUT2D eigenvalue weighted by Gasteiger charge is 2.32. The molecule has 1 aromatic carbocycles. The normalized spacial score (nSPS) is 15.9. The van der Waals surface area contributed by atoms with Crippen LogP contribution >= 0.6 is 23.6 Å². The Morgan fingerprint density at radius 1 is 1.31 bits per heavy atom. The zero-order chi connectivity index (χ0) is 21.3. The van der Waals surface area contributed by atoms with Gasteiger partial charge in [0.15, 0.2) is 5.11 Å². The molecule has 0 spiro atoms. The van der Waals surface area contributed by atoms with Crippen LogP contribution in [-0.4, -0.2) is 11.0 Å². The highest BCUT2D eigenvalue weighted by Crippen LogP contribution is 2.43. The minimum absolute atomic E-state index is 0.220. The molecule has 0 radical (unpaired) electrons. The number of thiophene rings is 1. The number of carbonyl (C=O) groups is 1. The molecule has 0 fully saturated rings. The van der Waals surface area contributed by atoms with E-state index in [1.54, 1.807) is 17.4 Å². The summed E-state index contributed by atoms with van der Waals surface area (Å²) in [6.07, 6.45) is 3.00. The lowest BCUT2D eigenvalue weighted by atomic mass is 9.72. The number of aryl methyl sites for hydroxylation is 2. The molecule has 4 nitrogen and oxygen atoms in total. The number of benzene rings is 1. The van der Waals surface area contributed by atoms with Crippen LogP contribution in [0.3, 0.4) is 0 Å². The molecular formula is C23H27N3OS2. The summed E-state index contributed by atoms with van der Waals surface area (Å²) in [5.74, 6) is 0.358. The summed E-state index contributed by atoms with van der Waals surface area (Å²) in [5.41, 5.74) is 4.67. The van der Waals surface area contributed by atoms with Crippen molar-refractivity contribution < 1.29 is 4.79 Å². The highest BCUT2D eigenvalue weighted by molar-refractivity contribution is 7.80. The summed E-state index contributed by atoms with van der Waals surface area (Å²) < 4.78 is 0. The summed E-state index contributed by atoms with van der Waals surface area (Å²) in [5, 5.41) is 16.5. The molecule has 6 heteroatoms. The first-order valence-corrected chi connectivity index (χ1v) is 11.1. The first-order valence-electron chi connectivity index (χ1n) is 9.84. The van der Waals surface area contributed by atoms with Gasteiger partial charge in [-0.15, -0.1) is 11.3 Å². The molecule has 2 N–H and O–H groups in total. The molecule has 0 aliphatic heterocycles. The molecule has 152 valence electrons. The number of hydrogen-bond donors (Lipinski definition) is 2. The first-order chi connectivity index (χ1) is 13.6. The van der Waals surface area contributed by atoms with Crippen LogP contribution in [0.2, 0.25) is 0 Å². The van der Waals surface area contributed by atoms with E-state index in [0.29, 0.717) is 17.0 Å². The summed E-state index contributed by atoms with van der Waals surface area (Å²) in [6.45, 7) is 10.7. The molecule has 1 aromatic heterocycles. The lowest BCUT2D eigenvalue weighted by Gasteiger charge is -2.33. The number of carbonyl (C=O) groups excluding carboxylic acids is 1. The second-order valence-electron chi connectivity index (χ2n) is 8.85. The molecule has 3 rings (SSSR count). The Bertz CT molecular complexity index is 1010. The van der Waals surface area contributed by atoms with E-state index in [9.17, 15) is 10.1 Å². The van der Waals surface area contributed by atoms with Crippen molar-refractivity contribution in [2.75, 3.05) is 5.32 Å². The molecule has 1 amide bonds. The number of amides is 1. The molecule has 1 heterocycles. The number of nitriles is 1. The van der Waals surface area contributed by atoms with Crippen molar-refractivity contribution in [2.24, 2.45) is 11.3 Å². The smallest absolute Gasteiger partial charge is 0.257 e. The van der Waals surface area contributed by atoms with Crippen LogP contribution in [0.15, 0.2) is 18.2 Å². The Balaban J connectivity index is 1.75. The van der Waals surface area contributed by atoms with E-state index in [0.717, 1.165) is 41.0 Å². The maximum Gasteiger partial charge on any atom is 0.257 e. The van der Waals surface area contributed by atoms with E-state index in [4.69, 9.17) is 12.2 Å². The van der Waals surface area contributed by atoms with Crippen LogP contribution in [0.25, 0.3) is 0 Å². The van der Waals surface area contributed by atoms with Crippen LogP contribution in [0.1, 0.15) is 64.7 Å². The maximum atomic E-state index is 12.6. The third-order valence-corrected chi connectivity index (χ3v) is 7.06. The monoisotopic (exact) mass is 425 g/mol. The van der Waals surface area contributed by atoms with Gasteiger partial charge < -0.3 is 5.32 Å². The second-order valence-corrected chi connectivity index (χ2v) is 10.4. The Hall–Kier alpha value is -2.23. The average molecular weight is 426 g/mol. The number of nitrogens with zero attached hydrogens (tertiary/aromatic N) is 1. The number of anilines is 1. The average Bonchev–Trinajstić information content (AvgIpc) is 2.96. The van der Waals surface area contributed by atoms with Crippen LogP contribution in [0, 0.1) is 36.5 Å². The Kier molecular flexibility index (Phi) is 6.11. The van der Waals surface area contributed by atoms with E-state index in [-0.39, 0.29) is 16.4 Å². The van der Waals surface area contributed by atoms with E-state index in [2.05, 4.69) is 37.5 Å². The van der Waals surface area contributed by atoms with Crippen molar-refractivity contribution in [2.45, 2.75) is 53.9 Å². The highest BCUT2D eigenvalue weighted by atomic mass is 32.1. The van der Waals surface area contributed by atoms with E-state index < -0.39 is 0 Å². The summed E-state index contributed by atoms with van der Waals surface area (Å²) in [6, 6.07) is 8.02. The van der Waals surface area contributed by atoms with Gasteiger partial charge in [0.05, 0.1) is 5.56 Å². The topological polar surface area (TPSA) is 64.9 Å². The maximum absolute atomic E-state index is 12.6. The zero-order valence-electron chi connectivity index (χ0n) is 17.6. The number of fused-ring (bicyclic) bond motifs is 1. The van der Waals surface area contributed by atoms with Gasteiger partial charge in [-0.05, 0) is 73.9 Å². The molecule has 1 atom stereocenters. The molecule has 1 aliphatic rings. The number of hydrogen-bond acceptors (Lipinski definition) is 4. The molecule has 0 bridgehead atoms. The van der Waals surface area contributed by atoms with Crippen molar-refractivity contribution >= 4 is 39.6 Å². The van der Waals surface area contributed by atoms with Crippen LogP contribution < -0.4 is 10.6 Å². The number of thiocarbonyl (C=S) groups is 1. The van der Waals surface area contributed by atoms with Gasteiger partial charge in [-0.3, -0.25) is 10.1 Å². The molecule has 0 saturated heterocycles. The van der Waals surface area contributed by atoms with Crippen molar-refractivity contribution in [1.82, 2.24) is 5.32 Å². The molecule has 0 unspecified atom stereocenters. The number of rotatable bonds is 2. The summed E-state index contributed by atoms with van der Waals surface area (Å²) >= 11 is 6.96. The number of nitrogens with one attached hydrogen (secondary N) is 2. The van der Waals surface area contributed by atoms with Gasteiger partial charge in [0.1, 0.15) is 11.1 Å². The third-order valence-electron chi connectivity index (χ3n) is 5.68. The van der Waals surface area contributed by atoms with E-state index >= 15 is 0 Å². The Morgan fingerprint density at radius 2 is 2.03 bits per heavy atom. The van der Waals surface area contributed by atoms with E-state index in [1.165, 1.54) is 4.88 Å². The van der Waals surface area contributed by atoms with Crippen molar-refractivity contribution in [3.05, 3.63) is 50.9 Å². The van der Waals surface area contributed by atoms with E-state index in [1.807, 2.05) is 26.0 Å². The van der Waals surface area contributed by atoms with Crippen molar-refractivity contribution in [3.63, 3.8) is 0 Å². The molecule has 1 aliphatic carbocycles. The quantitative estimate of drug-likeness (QED) is 0.622. The van der Waals surface area contributed by atoms with Crippen molar-refractivity contribution in [3.8, 4) is 6.07 Å². The lowest BCUT2D eigenvalue weighted by Crippen LogP contribution is -2.34. The fourth-order valence-electron chi connectivity index (χ4n) is 3.90.